The fourth-order valence-electron chi connectivity index (χ4n) is 2.44. The van der Waals surface area contributed by atoms with Gasteiger partial charge in [-0.05, 0) is 67.8 Å². The highest BCUT2D eigenvalue weighted by atomic mass is 35.5. The summed E-state index contributed by atoms with van der Waals surface area (Å²) in [6, 6.07) is 22.0. The second-order valence-electron chi connectivity index (χ2n) is 6.19. The second kappa shape index (κ2) is 9.27. The molecule has 3 aromatic rings. The number of hydrogen-bond donors (Lipinski definition) is 0. The topological polar surface area (TPSA) is 12.4 Å². The highest BCUT2D eigenvalue weighted by Gasteiger charge is 2.07. The number of nitrogens with zero attached hydrogens (tertiary/aromatic N) is 1. The highest BCUT2D eigenvalue weighted by Crippen LogP contribution is 2.26. The van der Waals surface area contributed by atoms with E-state index in [4.69, 9.17) is 28.2 Å². The molecule has 3 aromatic carbocycles. The van der Waals surface area contributed by atoms with E-state index in [1.807, 2.05) is 47.9 Å². The monoisotopic (exact) mass is 411 g/mol. The Kier molecular flexibility index (Phi) is 6.78. The Balaban J connectivity index is 1.92. The van der Waals surface area contributed by atoms with Crippen LogP contribution in [0.4, 0.5) is 5.69 Å². The van der Waals surface area contributed by atoms with Crippen LogP contribution in [-0.2, 0) is 0 Å². The molecule has 0 fully saturated rings. The summed E-state index contributed by atoms with van der Waals surface area (Å²) in [5.74, 6) is 0. The van der Waals surface area contributed by atoms with Gasteiger partial charge in [0.2, 0.25) is 0 Å². The Morgan fingerprint density at radius 3 is 2.11 bits per heavy atom. The molecule has 0 spiro atoms. The Hall–Kier alpha value is -2.00. The minimum Gasteiger partial charge on any atom is -0.248 e. The van der Waals surface area contributed by atoms with E-state index in [0.29, 0.717) is 10.0 Å². The molecule has 4 heteroatoms. The quantitative estimate of drug-likeness (QED) is 0.305. The lowest BCUT2D eigenvalue weighted by Gasteiger charge is -2.06. The smallest absolute Gasteiger partial charge is 0.0729 e. The molecule has 0 heterocycles. The average molecular weight is 412 g/mol. The molecule has 1 nitrogen and oxygen atoms in total. The average Bonchev–Trinajstić information content (AvgIpc) is 2.64. The minimum absolute atomic E-state index is 0.582. The van der Waals surface area contributed by atoms with Crippen LogP contribution >= 0.6 is 35.0 Å². The van der Waals surface area contributed by atoms with Gasteiger partial charge < -0.3 is 0 Å². The zero-order valence-electron chi connectivity index (χ0n) is 15.1. The van der Waals surface area contributed by atoms with E-state index < -0.39 is 0 Å². The molecule has 0 aliphatic rings. The minimum atomic E-state index is 0.582. The molecule has 0 unspecified atom stereocenters. The van der Waals surface area contributed by atoms with Crippen LogP contribution < -0.4 is 0 Å². The van der Waals surface area contributed by atoms with Gasteiger partial charge >= 0.3 is 0 Å². The molecule has 0 radical (unpaired) electrons. The normalized spacial score (nSPS) is 11.9. The third kappa shape index (κ3) is 5.74. The summed E-state index contributed by atoms with van der Waals surface area (Å²) in [6.07, 6.45) is 1.99. The molecule has 0 saturated heterocycles. The summed E-state index contributed by atoms with van der Waals surface area (Å²) in [4.78, 5) is 5.97. The molecule has 0 aliphatic heterocycles. The van der Waals surface area contributed by atoms with E-state index >= 15 is 0 Å². The number of thioether (sulfide) groups is 1. The van der Waals surface area contributed by atoms with E-state index in [0.717, 1.165) is 17.0 Å². The lowest BCUT2D eigenvalue weighted by molar-refractivity contribution is 1.38. The van der Waals surface area contributed by atoms with Gasteiger partial charge in [-0.2, -0.15) is 0 Å². The first-order chi connectivity index (χ1) is 13.0. The number of aryl methyl sites for hydroxylation is 2. The van der Waals surface area contributed by atoms with Gasteiger partial charge in [0, 0.05) is 15.5 Å². The fraction of sp³-hybridized carbons (Fsp3) is 0.0870. The molecule has 0 bridgehead atoms. The number of hydrogen-bond acceptors (Lipinski definition) is 2. The fourth-order valence-corrected chi connectivity index (χ4v) is 3.59. The molecule has 0 aliphatic carbocycles. The number of allylic oxidation sites excluding steroid dienone is 1. The van der Waals surface area contributed by atoms with Crippen LogP contribution in [0.15, 0.2) is 88.1 Å². The van der Waals surface area contributed by atoms with Crippen molar-refractivity contribution in [3.8, 4) is 0 Å². The van der Waals surface area contributed by atoms with Crippen molar-refractivity contribution in [3.63, 3.8) is 0 Å². The van der Waals surface area contributed by atoms with Crippen LogP contribution in [0.5, 0.6) is 0 Å². The van der Waals surface area contributed by atoms with Gasteiger partial charge in [-0.15, -0.1) is 0 Å². The molecule has 136 valence electrons. The maximum absolute atomic E-state index is 6.42. The SMILES string of the molecule is Cc1ccc(N=C(C=CSc2ccc(C)cc2)c2ccc(Cl)cc2Cl)cc1. The molecule has 27 heavy (non-hydrogen) atoms. The zero-order valence-corrected chi connectivity index (χ0v) is 17.4. The maximum atomic E-state index is 6.42. The van der Waals surface area contributed by atoms with Crippen LogP contribution in [0.2, 0.25) is 10.0 Å². The summed E-state index contributed by atoms with van der Waals surface area (Å²) in [6.45, 7) is 4.14. The van der Waals surface area contributed by atoms with E-state index in [1.165, 1.54) is 16.0 Å². The van der Waals surface area contributed by atoms with Crippen molar-refractivity contribution in [2.45, 2.75) is 18.7 Å². The Bertz CT molecular complexity index is 974. The van der Waals surface area contributed by atoms with Crippen LogP contribution in [0.3, 0.4) is 0 Å². The third-order valence-electron chi connectivity index (χ3n) is 3.94. The molecule has 0 N–H and O–H groups in total. The number of halogens is 2. The maximum Gasteiger partial charge on any atom is 0.0729 e. The first kappa shape index (κ1) is 19.8. The van der Waals surface area contributed by atoms with E-state index in [2.05, 4.69) is 38.1 Å². The predicted octanol–water partition coefficient (Wildman–Crippen LogP) is 8.04. The van der Waals surface area contributed by atoms with E-state index in [-0.39, 0.29) is 0 Å². The van der Waals surface area contributed by atoms with Gasteiger partial charge in [0.15, 0.2) is 0 Å². The van der Waals surface area contributed by atoms with Gasteiger partial charge in [-0.3, -0.25) is 0 Å². The first-order valence-corrected chi connectivity index (χ1v) is 10.2. The summed E-state index contributed by atoms with van der Waals surface area (Å²) in [5.41, 5.74) is 4.97. The Morgan fingerprint density at radius 1 is 0.852 bits per heavy atom. The first-order valence-electron chi connectivity index (χ1n) is 8.52. The number of aliphatic imine (C=N–C) groups is 1. The molecular weight excluding hydrogens is 393 g/mol. The molecule has 3 rings (SSSR count). The van der Waals surface area contributed by atoms with Crippen LogP contribution in [0.1, 0.15) is 16.7 Å². The van der Waals surface area contributed by atoms with Gasteiger partial charge in [0.1, 0.15) is 0 Å². The Labute approximate surface area is 174 Å². The van der Waals surface area contributed by atoms with Crippen molar-refractivity contribution in [2.24, 2.45) is 4.99 Å². The van der Waals surface area contributed by atoms with Gasteiger partial charge in [-0.25, -0.2) is 4.99 Å². The highest BCUT2D eigenvalue weighted by molar-refractivity contribution is 8.02. The third-order valence-corrected chi connectivity index (χ3v) is 5.31. The molecule has 0 aromatic heterocycles. The molecule has 0 amide bonds. The van der Waals surface area contributed by atoms with Crippen LogP contribution in [0.25, 0.3) is 0 Å². The lowest BCUT2D eigenvalue weighted by Crippen LogP contribution is -1.97. The van der Waals surface area contributed by atoms with Crippen molar-refractivity contribution in [2.75, 3.05) is 0 Å². The van der Waals surface area contributed by atoms with Crippen LogP contribution in [0, 0.1) is 13.8 Å². The van der Waals surface area contributed by atoms with Gasteiger partial charge in [0.25, 0.3) is 0 Å². The van der Waals surface area contributed by atoms with E-state index in [1.54, 1.807) is 17.8 Å². The second-order valence-corrected chi connectivity index (χ2v) is 8.01. The van der Waals surface area contributed by atoms with Gasteiger partial charge in [-0.1, -0.05) is 70.4 Å². The summed E-state index contributed by atoms with van der Waals surface area (Å²) in [5, 5.41) is 3.22. The van der Waals surface area contributed by atoms with Crippen molar-refractivity contribution in [1.29, 1.82) is 0 Å². The van der Waals surface area contributed by atoms with Gasteiger partial charge in [0.05, 0.1) is 16.4 Å². The van der Waals surface area contributed by atoms with E-state index in [9.17, 15) is 0 Å². The predicted molar refractivity (Wildman–Crippen MR) is 120 cm³/mol. The zero-order chi connectivity index (χ0) is 19.2. The summed E-state index contributed by atoms with van der Waals surface area (Å²) < 4.78 is 0. The standard InChI is InChI=1S/C23H19Cl2NS/c1-16-3-8-19(9-4-16)26-23(21-12-7-18(24)15-22(21)25)13-14-27-20-10-5-17(2)6-11-20/h3-15H,1-2H3. The summed E-state index contributed by atoms with van der Waals surface area (Å²) in [7, 11) is 0. The number of benzene rings is 3. The van der Waals surface area contributed by atoms with Crippen molar-refractivity contribution in [1.82, 2.24) is 0 Å². The molecule has 0 atom stereocenters. The lowest BCUT2D eigenvalue weighted by atomic mass is 10.1. The number of rotatable bonds is 5. The van der Waals surface area contributed by atoms with Crippen molar-refractivity contribution >= 4 is 46.4 Å². The molecular formula is C23H19Cl2NS. The largest absolute Gasteiger partial charge is 0.248 e. The van der Waals surface area contributed by atoms with Crippen molar-refractivity contribution in [3.05, 3.63) is 105 Å². The van der Waals surface area contributed by atoms with Crippen LogP contribution in [-0.4, -0.2) is 5.71 Å². The summed E-state index contributed by atoms with van der Waals surface area (Å²) >= 11 is 14.1. The Morgan fingerprint density at radius 2 is 1.48 bits per heavy atom. The van der Waals surface area contributed by atoms with Crippen molar-refractivity contribution < 1.29 is 0 Å². The molecule has 0 saturated carbocycles.